The van der Waals surface area contributed by atoms with Gasteiger partial charge in [-0.3, -0.25) is 9.00 Å². The molecule has 0 spiro atoms. The van der Waals surface area contributed by atoms with Gasteiger partial charge in [-0.05, 0) is 49.7 Å². The summed E-state index contributed by atoms with van der Waals surface area (Å²) in [5.41, 5.74) is 2.20. The summed E-state index contributed by atoms with van der Waals surface area (Å²) in [6.45, 7) is 4.27. The van der Waals surface area contributed by atoms with Crippen LogP contribution in [0.25, 0.3) is 0 Å². The first-order valence-corrected chi connectivity index (χ1v) is 9.22. The minimum absolute atomic E-state index is 0.0681. The predicted molar refractivity (Wildman–Crippen MR) is 87.5 cm³/mol. The van der Waals surface area contributed by atoms with Gasteiger partial charge in [0.2, 0.25) is 5.91 Å². The zero-order chi connectivity index (χ0) is 15.2. The van der Waals surface area contributed by atoms with Crippen LogP contribution in [0.15, 0.2) is 24.3 Å². The minimum Gasteiger partial charge on any atom is -0.353 e. The summed E-state index contributed by atoms with van der Waals surface area (Å²) in [7, 11) is -1.13. The molecule has 1 saturated carbocycles. The Morgan fingerprint density at radius 2 is 1.90 bits per heavy atom. The number of rotatable bonds is 5. The van der Waals surface area contributed by atoms with E-state index in [2.05, 4.69) is 12.2 Å². The second-order valence-corrected chi connectivity index (χ2v) is 7.64. The average Bonchev–Trinajstić information content (AvgIpc) is 2.44. The monoisotopic (exact) mass is 307 g/mol. The van der Waals surface area contributed by atoms with E-state index in [0.29, 0.717) is 5.75 Å². The van der Waals surface area contributed by atoms with Gasteiger partial charge in [0.25, 0.3) is 0 Å². The summed E-state index contributed by atoms with van der Waals surface area (Å²) in [6.07, 6.45) is 4.46. The summed E-state index contributed by atoms with van der Waals surface area (Å²) in [5, 5.41) is 3.04. The van der Waals surface area contributed by atoms with Gasteiger partial charge in [-0.15, -0.1) is 0 Å². The van der Waals surface area contributed by atoms with Crippen LogP contribution < -0.4 is 5.32 Å². The summed E-state index contributed by atoms with van der Waals surface area (Å²) in [4.78, 5) is 12.0. The van der Waals surface area contributed by atoms with Crippen molar-refractivity contribution in [1.82, 2.24) is 5.32 Å². The lowest BCUT2D eigenvalue weighted by Crippen LogP contribution is -2.39. The third-order valence-corrected chi connectivity index (χ3v) is 5.47. The van der Waals surface area contributed by atoms with Gasteiger partial charge in [-0.25, -0.2) is 0 Å². The van der Waals surface area contributed by atoms with Crippen LogP contribution in [0.5, 0.6) is 0 Å². The number of hydrogen-bond donors (Lipinski definition) is 1. The lowest BCUT2D eigenvalue weighted by molar-refractivity contribution is -0.119. The van der Waals surface area contributed by atoms with Crippen molar-refractivity contribution in [2.24, 2.45) is 5.92 Å². The van der Waals surface area contributed by atoms with E-state index >= 15 is 0 Å². The standard InChI is InChI=1S/C17H25NO2S/c1-13-7-9-16(10-8-13)18-17(19)12-21(20)11-15-6-4-3-5-14(15)2/h3-6,13,16H,7-12H2,1-2H3,(H,18,19). The van der Waals surface area contributed by atoms with Crippen molar-refractivity contribution in [3.63, 3.8) is 0 Å². The highest BCUT2D eigenvalue weighted by atomic mass is 32.2. The van der Waals surface area contributed by atoms with Gasteiger partial charge >= 0.3 is 0 Å². The second kappa shape index (κ2) is 7.74. The molecular formula is C17H25NO2S. The molecule has 1 aliphatic carbocycles. The molecule has 4 heteroatoms. The quantitative estimate of drug-likeness (QED) is 0.909. The number of hydrogen-bond acceptors (Lipinski definition) is 2. The van der Waals surface area contributed by atoms with Gasteiger partial charge in [-0.2, -0.15) is 0 Å². The maximum Gasteiger partial charge on any atom is 0.232 e. The average molecular weight is 307 g/mol. The summed E-state index contributed by atoms with van der Waals surface area (Å²) in [5.74, 6) is 1.28. The molecule has 1 aliphatic rings. The number of nitrogens with one attached hydrogen (secondary N) is 1. The molecule has 1 unspecified atom stereocenters. The maximum atomic E-state index is 12.1. The van der Waals surface area contributed by atoms with Gasteiger partial charge in [0.15, 0.2) is 0 Å². The van der Waals surface area contributed by atoms with Gasteiger partial charge in [0.1, 0.15) is 5.75 Å². The molecule has 1 fully saturated rings. The van der Waals surface area contributed by atoms with Crippen LogP contribution in [-0.4, -0.2) is 21.9 Å². The lowest BCUT2D eigenvalue weighted by Gasteiger charge is -2.26. The normalized spacial score (nSPS) is 23.5. The van der Waals surface area contributed by atoms with E-state index in [4.69, 9.17) is 0 Å². The van der Waals surface area contributed by atoms with Crippen molar-refractivity contribution in [1.29, 1.82) is 0 Å². The molecule has 1 amide bonds. The molecule has 116 valence electrons. The first kappa shape index (κ1) is 16.2. The molecule has 0 aliphatic heterocycles. The molecule has 3 nitrogen and oxygen atoms in total. The molecule has 21 heavy (non-hydrogen) atoms. The number of benzene rings is 1. The first-order chi connectivity index (χ1) is 10.0. The molecule has 0 bridgehead atoms. The van der Waals surface area contributed by atoms with E-state index in [9.17, 15) is 9.00 Å². The highest BCUT2D eigenvalue weighted by Gasteiger charge is 2.20. The summed E-state index contributed by atoms with van der Waals surface area (Å²) in [6, 6.07) is 8.19. The zero-order valence-corrected chi connectivity index (χ0v) is 13.7. The molecule has 2 rings (SSSR count). The Hall–Kier alpha value is -1.16. The van der Waals surface area contributed by atoms with Crippen molar-refractivity contribution in [2.45, 2.75) is 51.3 Å². The lowest BCUT2D eigenvalue weighted by atomic mass is 9.87. The molecule has 0 heterocycles. The summed E-state index contributed by atoms with van der Waals surface area (Å²) >= 11 is 0. The molecule has 0 aromatic heterocycles. The van der Waals surface area contributed by atoms with Gasteiger partial charge in [-0.1, -0.05) is 31.2 Å². The highest BCUT2D eigenvalue weighted by Crippen LogP contribution is 2.23. The van der Waals surface area contributed by atoms with Crippen molar-refractivity contribution in [2.75, 3.05) is 5.75 Å². The Morgan fingerprint density at radius 3 is 2.57 bits per heavy atom. The molecule has 1 N–H and O–H groups in total. The van der Waals surface area contributed by atoms with Crippen LogP contribution in [0.1, 0.15) is 43.7 Å². The number of carbonyl (C=O) groups excluding carboxylic acids is 1. The van der Waals surface area contributed by atoms with Crippen LogP contribution in [0, 0.1) is 12.8 Å². The Labute approximate surface area is 130 Å². The fraction of sp³-hybridized carbons (Fsp3) is 0.588. The molecule has 0 saturated heterocycles. The van der Waals surface area contributed by atoms with Crippen LogP contribution in [0.2, 0.25) is 0 Å². The molecular weight excluding hydrogens is 282 g/mol. The van der Waals surface area contributed by atoms with Gasteiger partial charge in [0, 0.05) is 22.6 Å². The molecule has 1 aromatic carbocycles. The number of aryl methyl sites for hydroxylation is 1. The minimum atomic E-state index is -1.13. The van der Waals surface area contributed by atoms with Crippen molar-refractivity contribution < 1.29 is 9.00 Å². The van der Waals surface area contributed by atoms with E-state index in [1.165, 1.54) is 12.8 Å². The van der Waals surface area contributed by atoms with Gasteiger partial charge < -0.3 is 5.32 Å². The van der Waals surface area contributed by atoms with E-state index in [1.807, 2.05) is 31.2 Å². The second-order valence-electron chi connectivity index (χ2n) is 6.18. The smallest absolute Gasteiger partial charge is 0.232 e. The number of carbonyl (C=O) groups is 1. The summed E-state index contributed by atoms with van der Waals surface area (Å²) < 4.78 is 12.1. The fourth-order valence-electron chi connectivity index (χ4n) is 2.82. The van der Waals surface area contributed by atoms with E-state index in [-0.39, 0.29) is 17.7 Å². The molecule has 0 radical (unpaired) electrons. The predicted octanol–water partition coefficient (Wildman–Crippen LogP) is 2.94. The third kappa shape index (κ3) is 5.27. The van der Waals surface area contributed by atoms with Crippen LogP contribution in [0.3, 0.4) is 0 Å². The zero-order valence-electron chi connectivity index (χ0n) is 12.9. The van der Waals surface area contributed by atoms with Crippen LogP contribution in [-0.2, 0) is 21.3 Å². The first-order valence-electron chi connectivity index (χ1n) is 7.73. The van der Waals surface area contributed by atoms with Gasteiger partial charge in [0.05, 0.1) is 0 Å². The van der Waals surface area contributed by atoms with Crippen LogP contribution in [0.4, 0.5) is 0 Å². The maximum absolute atomic E-state index is 12.1. The Morgan fingerprint density at radius 1 is 1.24 bits per heavy atom. The Bertz CT molecular complexity index is 507. The number of amides is 1. The highest BCUT2D eigenvalue weighted by molar-refractivity contribution is 7.84. The van der Waals surface area contributed by atoms with Crippen molar-refractivity contribution in [3.8, 4) is 0 Å². The van der Waals surface area contributed by atoms with E-state index < -0.39 is 10.8 Å². The van der Waals surface area contributed by atoms with Crippen molar-refractivity contribution >= 4 is 16.7 Å². The molecule has 1 atom stereocenters. The van der Waals surface area contributed by atoms with Crippen molar-refractivity contribution in [3.05, 3.63) is 35.4 Å². The Balaban J connectivity index is 1.77. The van der Waals surface area contributed by atoms with Crippen LogP contribution >= 0.6 is 0 Å². The topological polar surface area (TPSA) is 46.2 Å². The van der Waals surface area contributed by atoms with E-state index in [1.54, 1.807) is 0 Å². The molecule has 1 aromatic rings. The SMILES string of the molecule is Cc1ccccc1CS(=O)CC(=O)NC1CCC(C)CC1. The Kier molecular flexibility index (Phi) is 5.97. The van der Waals surface area contributed by atoms with E-state index in [0.717, 1.165) is 29.9 Å². The third-order valence-electron chi connectivity index (χ3n) is 4.25. The fourth-order valence-corrected chi connectivity index (χ4v) is 3.97. The largest absolute Gasteiger partial charge is 0.353 e.